The van der Waals surface area contributed by atoms with Crippen molar-refractivity contribution < 1.29 is 9.47 Å². The van der Waals surface area contributed by atoms with E-state index in [4.69, 9.17) is 9.47 Å². The minimum Gasteiger partial charge on any atom is -0.494 e. The molecule has 4 rings (SSSR count). The van der Waals surface area contributed by atoms with E-state index in [1.807, 2.05) is 37.8 Å². The predicted molar refractivity (Wildman–Crippen MR) is 108 cm³/mol. The van der Waals surface area contributed by atoms with Crippen LogP contribution in [0.3, 0.4) is 0 Å². The van der Waals surface area contributed by atoms with E-state index in [0.717, 1.165) is 61.1 Å². The summed E-state index contributed by atoms with van der Waals surface area (Å²) in [6.45, 7) is 9.45. The Bertz CT molecular complexity index is 880. The molecule has 0 spiro atoms. The van der Waals surface area contributed by atoms with Gasteiger partial charge in [-0.25, -0.2) is 4.98 Å². The number of aromatic nitrogens is 4. The van der Waals surface area contributed by atoms with E-state index in [1.54, 1.807) is 0 Å². The van der Waals surface area contributed by atoms with Crippen molar-refractivity contribution >= 4 is 0 Å². The zero-order chi connectivity index (χ0) is 19.3. The second-order valence-corrected chi connectivity index (χ2v) is 7.06. The second kappa shape index (κ2) is 8.58. The van der Waals surface area contributed by atoms with Gasteiger partial charge in [-0.2, -0.15) is 5.10 Å². The van der Waals surface area contributed by atoms with Crippen molar-refractivity contribution in [2.75, 3.05) is 39.5 Å². The smallest absolute Gasteiger partial charge is 0.119 e. The fourth-order valence-electron chi connectivity index (χ4n) is 3.69. The number of nitrogens with zero attached hydrogens (tertiary/aromatic N) is 4. The third kappa shape index (κ3) is 3.95. The summed E-state index contributed by atoms with van der Waals surface area (Å²) in [6, 6.07) is 8.39. The van der Waals surface area contributed by atoms with Gasteiger partial charge in [-0.05, 0) is 38.1 Å². The molecule has 1 N–H and O–H groups in total. The highest BCUT2D eigenvalue weighted by Crippen LogP contribution is 2.32. The Labute approximate surface area is 165 Å². The van der Waals surface area contributed by atoms with Crippen LogP contribution in [0, 0.1) is 0 Å². The predicted octanol–water partition coefficient (Wildman–Crippen LogP) is 3.23. The summed E-state index contributed by atoms with van der Waals surface area (Å²) < 4.78 is 13.2. The maximum atomic E-state index is 5.55. The van der Waals surface area contributed by atoms with E-state index in [1.165, 1.54) is 0 Å². The summed E-state index contributed by atoms with van der Waals surface area (Å²) in [5.41, 5.74) is 4.18. The van der Waals surface area contributed by atoms with Crippen LogP contribution in [0.4, 0.5) is 0 Å². The highest BCUT2D eigenvalue weighted by atomic mass is 16.5. The SMILES string of the molecule is CCOc1ccc(-c2[nH]ncc2-c2cncn2[C@@H](C)CN2CCOCC2)cc1. The van der Waals surface area contributed by atoms with Gasteiger partial charge in [0.1, 0.15) is 5.75 Å². The number of H-pyrrole nitrogens is 1. The highest BCUT2D eigenvalue weighted by molar-refractivity contribution is 5.78. The summed E-state index contributed by atoms with van der Waals surface area (Å²) in [7, 11) is 0. The first kappa shape index (κ1) is 18.7. The molecule has 7 heteroatoms. The Hall–Kier alpha value is -2.64. The van der Waals surface area contributed by atoms with E-state index in [-0.39, 0.29) is 0 Å². The van der Waals surface area contributed by atoms with E-state index in [2.05, 4.69) is 43.7 Å². The molecule has 7 nitrogen and oxygen atoms in total. The topological polar surface area (TPSA) is 68.2 Å². The summed E-state index contributed by atoms with van der Waals surface area (Å²) in [5, 5.41) is 7.46. The standard InChI is InChI=1S/C21H27N5O2/c1-3-28-18-6-4-17(5-7-18)21-19(12-23-24-21)20-13-22-15-26(20)16(2)14-25-8-10-27-11-9-25/h4-7,12-13,15-16H,3,8-11,14H2,1-2H3,(H,23,24)/t16-/m0/s1. The van der Waals surface area contributed by atoms with Crippen molar-refractivity contribution in [2.24, 2.45) is 0 Å². The number of imidazole rings is 1. The van der Waals surface area contributed by atoms with Gasteiger partial charge in [0.05, 0.1) is 49.9 Å². The molecular formula is C21H27N5O2. The number of hydrogen-bond donors (Lipinski definition) is 1. The zero-order valence-electron chi connectivity index (χ0n) is 16.5. The molecule has 1 saturated heterocycles. The van der Waals surface area contributed by atoms with Crippen LogP contribution in [0.25, 0.3) is 22.5 Å². The highest BCUT2D eigenvalue weighted by Gasteiger charge is 2.19. The quantitative estimate of drug-likeness (QED) is 0.681. The van der Waals surface area contributed by atoms with Gasteiger partial charge in [0.25, 0.3) is 0 Å². The van der Waals surface area contributed by atoms with Gasteiger partial charge in [-0.3, -0.25) is 10.00 Å². The molecule has 3 aromatic rings. The Kier molecular flexibility index (Phi) is 5.73. The molecule has 0 saturated carbocycles. The van der Waals surface area contributed by atoms with E-state index >= 15 is 0 Å². The average molecular weight is 381 g/mol. The molecule has 2 aromatic heterocycles. The van der Waals surface area contributed by atoms with Crippen molar-refractivity contribution in [3.8, 4) is 28.3 Å². The van der Waals surface area contributed by atoms with Gasteiger partial charge in [0.2, 0.25) is 0 Å². The molecule has 1 atom stereocenters. The minimum absolute atomic E-state index is 0.304. The molecule has 1 aliphatic rings. The van der Waals surface area contributed by atoms with Gasteiger partial charge in [-0.15, -0.1) is 0 Å². The maximum Gasteiger partial charge on any atom is 0.119 e. The fourth-order valence-corrected chi connectivity index (χ4v) is 3.69. The molecule has 0 bridgehead atoms. The first-order chi connectivity index (χ1) is 13.8. The normalized spacial score (nSPS) is 16.2. The molecule has 1 fully saturated rings. The number of hydrogen-bond acceptors (Lipinski definition) is 5. The van der Waals surface area contributed by atoms with Crippen molar-refractivity contribution in [3.05, 3.63) is 43.0 Å². The lowest BCUT2D eigenvalue weighted by atomic mass is 10.1. The number of benzene rings is 1. The molecular weight excluding hydrogens is 354 g/mol. The van der Waals surface area contributed by atoms with E-state index < -0.39 is 0 Å². The first-order valence-corrected chi connectivity index (χ1v) is 9.85. The van der Waals surface area contributed by atoms with Crippen LogP contribution in [0.15, 0.2) is 43.0 Å². The summed E-state index contributed by atoms with van der Waals surface area (Å²) >= 11 is 0. The molecule has 3 heterocycles. The van der Waals surface area contributed by atoms with Gasteiger partial charge in [-0.1, -0.05) is 0 Å². The second-order valence-electron chi connectivity index (χ2n) is 7.06. The lowest BCUT2D eigenvalue weighted by Gasteiger charge is -2.30. The summed E-state index contributed by atoms with van der Waals surface area (Å²) in [5.74, 6) is 0.872. The molecule has 0 unspecified atom stereocenters. The monoisotopic (exact) mass is 381 g/mol. The van der Waals surface area contributed by atoms with Crippen LogP contribution in [-0.2, 0) is 4.74 Å². The van der Waals surface area contributed by atoms with E-state index in [0.29, 0.717) is 12.6 Å². The zero-order valence-corrected chi connectivity index (χ0v) is 16.5. The van der Waals surface area contributed by atoms with Crippen LogP contribution in [0.2, 0.25) is 0 Å². The summed E-state index contributed by atoms with van der Waals surface area (Å²) in [6.07, 6.45) is 5.70. The third-order valence-electron chi connectivity index (χ3n) is 5.14. The lowest BCUT2D eigenvalue weighted by molar-refractivity contribution is 0.0326. The van der Waals surface area contributed by atoms with Crippen molar-refractivity contribution in [3.63, 3.8) is 0 Å². The van der Waals surface area contributed by atoms with Gasteiger partial charge in [0, 0.05) is 36.8 Å². The molecule has 1 aromatic carbocycles. The Balaban J connectivity index is 1.57. The lowest BCUT2D eigenvalue weighted by Crippen LogP contribution is -2.39. The van der Waals surface area contributed by atoms with Crippen LogP contribution < -0.4 is 4.74 Å². The van der Waals surface area contributed by atoms with Crippen LogP contribution in [-0.4, -0.2) is 64.1 Å². The van der Waals surface area contributed by atoms with Crippen molar-refractivity contribution in [1.29, 1.82) is 0 Å². The average Bonchev–Trinajstić information content (AvgIpc) is 3.39. The Morgan fingerprint density at radius 1 is 1.18 bits per heavy atom. The van der Waals surface area contributed by atoms with Gasteiger partial charge >= 0.3 is 0 Å². The van der Waals surface area contributed by atoms with Crippen molar-refractivity contribution in [2.45, 2.75) is 19.9 Å². The number of morpholine rings is 1. The molecule has 0 amide bonds. The van der Waals surface area contributed by atoms with Gasteiger partial charge < -0.3 is 14.0 Å². The maximum absolute atomic E-state index is 5.55. The van der Waals surface area contributed by atoms with Crippen molar-refractivity contribution in [1.82, 2.24) is 24.6 Å². The number of rotatable bonds is 7. The third-order valence-corrected chi connectivity index (χ3v) is 5.14. The minimum atomic E-state index is 0.304. The van der Waals surface area contributed by atoms with Gasteiger partial charge in [0.15, 0.2) is 0 Å². The molecule has 148 valence electrons. The van der Waals surface area contributed by atoms with Crippen LogP contribution >= 0.6 is 0 Å². The molecule has 0 radical (unpaired) electrons. The molecule has 0 aliphatic carbocycles. The fraction of sp³-hybridized carbons (Fsp3) is 0.429. The Morgan fingerprint density at radius 3 is 2.71 bits per heavy atom. The number of nitrogens with one attached hydrogen (secondary N) is 1. The largest absolute Gasteiger partial charge is 0.494 e. The number of aromatic amines is 1. The number of ether oxygens (including phenoxy) is 2. The summed E-state index contributed by atoms with van der Waals surface area (Å²) in [4.78, 5) is 6.87. The van der Waals surface area contributed by atoms with E-state index in [9.17, 15) is 0 Å². The first-order valence-electron chi connectivity index (χ1n) is 9.85. The Morgan fingerprint density at radius 2 is 1.96 bits per heavy atom. The van der Waals surface area contributed by atoms with Crippen LogP contribution in [0.5, 0.6) is 5.75 Å². The van der Waals surface area contributed by atoms with Crippen LogP contribution in [0.1, 0.15) is 19.9 Å². The molecule has 1 aliphatic heterocycles. The molecule has 28 heavy (non-hydrogen) atoms.